The smallest absolute Gasteiger partial charge is 0.393 e. The number of fused-ring (bicyclic) bond motifs is 3. The van der Waals surface area contributed by atoms with Crippen LogP contribution in [0.15, 0.2) is 131 Å². The first-order valence-electron chi connectivity index (χ1n) is 15.0. The van der Waals surface area contributed by atoms with Crippen molar-refractivity contribution >= 4 is 68.6 Å². The van der Waals surface area contributed by atoms with Gasteiger partial charge in [0.05, 0.1) is 0 Å². The van der Waals surface area contributed by atoms with Gasteiger partial charge in [-0.1, -0.05) is 65.3 Å². The lowest BCUT2D eigenvalue weighted by Crippen LogP contribution is -2.18. The molecule has 0 aliphatic carbocycles. The molecule has 0 amide bonds. The molecule has 0 fully saturated rings. The van der Waals surface area contributed by atoms with Crippen LogP contribution in [0.3, 0.4) is 0 Å². The summed E-state index contributed by atoms with van der Waals surface area (Å²) in [5, 5.41) is 6.30. The van der Waals surface area contributed by atoms with Gasteiger partial charge < -0.3 is 9.30 Å². The lowest BCUT2D eigenvalue weighted by Gasteiger charge is -2.08. The highest BCUT2D eigenvalue weighted by molar-refractivity contribution is 7.99. The van der Waals surface area contributed by atoms with Crippen molar-refractivity contribution in [2.24, 2.45) is 5.16 Å². The number of ketones is 2. The summed E-state index contributed by atoms with van der Waals surface area (Å²) in [7, 11) is 0. The number of carbonyl (C=O) groups is 3. The van der Waals surface area contributed by atoms with Crippen LogP contribution in [0, 0.1) is 0 Å². The first-order chi connectivity index (χ1) is 22.9. The van der Waals surface area contributed by atoms with E-state index in [0.717, 1.165) is 26.7 Å². The minimum Gasteiger partial charge on any atom is -0.393 e. The van der Waals surface area contributed by atoms with Crippen LogP contribution >= 0.6 is 23.4 Å². The summed E-state index contributed by atoms with van der Waals surface area (Å²) >= 11 is 7.54. The molecule has 0 aliphatic rings. The van der Waals surface area contributed by atoms with Crippen molar-refractivity contribution in [3.8, 4) is 5.75 Å². The van der Waals surface area contributed by atoms with E-state index >= 15 is 0 Å². The molecule has 0 atom stereocenters. The number of thioether (sulfide) groups is 1. The second-order valence-electron chi connectivity index (χ2n) is 10.6. The Labute approximate surface area is 280 Å². The number of aryl methyl sites for hydroxylation is 1. The Kier molecular flexibility index (Phi) is 9.80. The van der Waals surface area contributed by atoms with E-state index in [1.807, 2.05) is 60.7 Å². The van der Waals surface area contributed by atoms with Gasteiger partial charge >= 0.3 is 6.16 Å². The number of carbonyl (C=O) groups excluding carboxylic acids is 3. The molecule has 5 aromatic carbocycles. The van der Waals surface area contributed by atoms with E-state index in [2.05, 4.69) is 16.6 Å². The van der Waals surface area contributed by atoms with Crippen molar-refractivity contribution in [1.29, 1.82) is 0 Å². The fraction of sp³-hybridized carbons (Fsp3) is 0.105. The zero-order valence-corrected chi connectivity index (χ0v) is 27.0. The van der Waals surface area contributed by atoms with Crippen LogP contribution in [0.25, 0.3) is 21.8 Å². The first-order valence-corrected chi connectivity index (χ1v) is 16.4. The van der Waals surface area contributed by atoms with Crippen molar-refractivity contribution in [1.82, 2.24) is 4.57 Å². The molecular weight excluding hydrogens is 632 g/mol. The second kappa shape index (κ2) is 14.5. The highest BCUT2D eigenvalue weighted by Crippen LogP contribution is 2.32. The maximum Gasteiger partial charge on any atom is 0.540 e. The summed E-state index contributed by atoms with van der Waals surface area (Å²) in [6.45, 7) is 2.75. The van der Waals surface area contributed by atoms with E-state index in [1.165, 1.54) is 11.8 Å². The largest absolute Gasteiger partial charge is 0.540 e. The number of rotatable bonds is 11. The fourth-order valence-electron chi connectivity index (χ4n) is 5.34. The van der Waals surface area contributed by atoms with E-state index in [0.29, 0.717) is 39.8 Å². The standard InChI is InChI=1S/C38H29ClN2O5S/c1-2-41-34-19-13-26(36(42)25-9-5-3-6-10-25)23-31(34)32-24-27(14-20-35(32)41)37(43)33(21-22-47-30-17-15-28(39)16-18-30)40-46-38(44)45-29-11-7-4-8-12-29/h3-20,23-24H,2,21-22H2,1H3/b40-33+. The van der Waals surface area contributed by atoms with E-state index in [1.54, 1.807) is 60.7 Å². The van der Waals surface area contributed by atoms with Gasteiger partial charge in [0.25, 0.3) is 0 Å². The lowest BCUT2D eigenvalue weighted by molar-refractivity contribution is 0.0984. The van der Waals surface area contributed by atoms with Crippen LogP contribution in [0.5, 0.6) is 5.75 Å². The van der Waals surface area contributed by atoms with Crippen LogP contribution in [0.2, 0.25) is 5.02 Å². The number of hydrogen-bond donors (Lipinski definition) is 0. The number of aromatic nitrogens is 1. The van der Waals surface area contributed by atoms with E-state index in [-0.39, 0.29) is 23.7 Å². The highest BCUT2D eigenvalue weighted by atomic mass is 35.5. The quantitative estimate of drug-likeness (QED) is 0.0262. The maximum absolute atomic E-state index is 14.0. The molecule has 0 saturated carbocycles. The first kappa shape index (κ1) is 31.8. The molecule has 0 unspecified atom stereocenters. The number of nitrogens with zero attached hydrogens (tertiary/aromatic N) is 2. The third-order valence-electron chi connectivity index (χ3n) is 7.60. The molecule has 7 nitrogen and oxygen atoms in total. The Balaban J connectivity index is 1.32. The molecule has 0 N–H and O–H groups in total. The van der Waals surface area contributed by atoms with Crippen molar-refractivity contribution in [3.05, 3.63) is 143 Å². The van der Waals surface area contributed by atoms with Crippen LogP contribution in [-0.2, 0) is 11.4 Å². The van der Waals surface area contributed by atoms with Crippen molar-refractivity contribution < 1.29 is 24.0 Å². The lowest BCUT2D eigenvalue weighted by atomic mass is 9.99. The van der Waals surface area contributed by atoms with Gasteiger partial charge in [-0.3, -0.25) is 14.4 Å². The molecule has 9 heteroatoms. The Hall–Kier alpha value is -5.18. The van der Waals surface area contributed by atoms with Crippen LogP contribution in [0.1, 0.15) is 39.6 Å². The molecule has 0 saturated heterocycles. The minimum atomic E-state index is -1.05. The zero-order chi connectivity index (χ0) is 32.8. The van der Waals surface area contributed by atoms with Crippen LogP contribution in [0.4, 0.5) is 4.79 Å². The topological polar surface area (TPSA) is 87.0 Å². The molecule has 1 heterocycles. The Morgan fingerprint density at radius 1 is 0.745 bits per heavy atom. The average Bonchev–Trinajstić information content (AvgIpc) is 3.43. The number of Topliss-reactive ketones (excluding diaryl/α,β-unsaturated/α-hetero) is 1. The van der Waals surface area contributed by atoms with Gasteiger partial charge in [0, 0.05) is 67.1 Å². The highest BCUT2D eigenvalue weighted by Gasteiger charge is 2.20. The van der Waals surface area contributed by atoms with Crippen LogP contribution < -0.4 is 4.74 Å². The minimum absolute atomic E-state index is 0.0648. The third-order valence-corrected chi connectivity index (χ3v) is 8.87. The normalized spacial score (nSPS) is 11.5. The van der Waals surface area contributed by atoms with Crippen molar-refractivity contribution in [2.45, 2.75) is 24.8 Å². The summed E-state index contributed by atoms with van der Waals surface area (Å²) < 4.78 is 7.34. The average molecular weight is 661 g/mol. The van der Waals surface area contributed by atoms with Gasteiger partial charge in [-0.05, 0) is 79.7 Å². The summed E-state index contributed by atoms with van der Waals surface area (Å²) in [5.74, 6) is 0.321. The fourth-order valence-corrected chi connectivity index (χ4v) is 6.33. The predicted octanol–water partition coefficient (Wildman–Crippen LogP) is 9.64. The van der Waals surface area contributed by atoms with Gasteiger partial charge in [0.2, 0.25) is 5.78 Å². The van der Waals surface area contributed by atoms with Gasteiger partial charge in [0.1, 0.15) is 11.5 Å². The monoisotopic (exact) mass is 660 g/mol. The number of benzene rings is 5. The molecule has 0 radical (unpaired) electrons. The molecule has 47 heavy (non-hydrogen) atoms. The van der Waals surface area contributed by atoms with Gasteiger partial charge in [-0.15, -0.1) is 11.8 Å². The predicted molar refractivity (Wildman–Crippen MR) is 187 cm³/mol. The van der Waals surface area contributed by atoms with Gasteiger partial charge in [-0.2, -0.15) is 0 Å². The van der Waals surface area contributed by atoms with Crippen molar-refractivity contribution in [2.75, 3.05) is 5.75 Å². The third kappa shape index (κ3) is 7.30. The van der Waals surface area contributed by atoms with Crippen molar-refractivity contribution in [3.63, 3.8) is 0 Å². The summed E-state index contributed by atoms with van der Waals surface area (Å²) in [6, 6.07) is 36.1. The Morgan fingerprint density at radius 2 is 1.36 bits per heavy atom. The number of ether oxygens (including phenoxy) is 1. The second-order valence-corrected chi connectivity index (χ2v) is 12.2. The molecule has 0 spiro atoms. The van der Waals surface area contributed by atoms with E-state index in [4.69, 9.17) is 21.2 Å². The SMILES string of the molecule is CCn1c2ccc(C(=O)/C(CCSc3ccc(Cl)cc3)=N/OC(=O)Oc3ccccc3)cc2c2cc(C(=O)c3ccccc3)ccc21. The maximum atomic E-state index is 14.0. The summed E-state index contributed by atoms with van der Waals surface area (Å²) in [4.78, 5) is 45.7. The molecule has 6 aromatic rings. The summed E-state index contributed by atoms with van der Waals surface area (Å²) in [5.41, 5.74) is 3.49. The Bertz CT molecular complexity index is 2110. The number of halogens is 1. The van der Waals surface area contributed by atoms with E-state index < -0.39 is 6.16 Å². The molecular formula is C38H29ClN2O5S. The van der Waals surface area contributed by atoms with Gasteiger partial charge in [-0.25, -0.2) is 4.79 Å². The zero-order valence-electron chi connectivity index (χ0n) is 25.4. The number of hydrogen-bond acceptors (Lipinski definition) is 7. The van der Waals surface area contributed by atoms with E-state index in [9.17, 15) is 14.4 Å². The van der Waals surface area contributed by atoms with Crippen LogP contribution in [-0.4, -0.2) is 33.8 Å². The molecule has 6 rings (SSSR count). The Morgan fingerprint density at radius 3 is 2.02 bits per heavy atom. The summed E-state index contributed by atoms with van der Waals surface area (Å²) in [6.07, 6.45) is -0.834. The van der Waals surface area contributed by atoms with Gasteiger partial charge in [0.15, 0.2) is 5.78 Å². The number of oxime groups is 1. The molecule has 0 aliphatic heterocycles. The number of para-hydroxylation sites is 1. The molecule has 0 bridgehead atoms. The molecule has 1 aromatic heterocycles. The molecule has 234 valence electrons.